The van der Waals surface area contributed by atoms with Crippen molar-refractivity contribution in [3.63, 3.8) is 0 Å². The topological polar surface area (TPSA) is 113 Å². The number of rotatable bonds is 8. The van der Waals surface area contributed by atoms with E-state index in [1.54, 1.807) is 18.2 Å². The molecule has 1 heterocycles. The van der Waals surface area contributed by atoms with Gasteiger partial charge in [0, 0.05) is 30.3 Å². The molecule has 0 unspecified atom stereocenters. The summed E-state index contributed by atoms with van der Waals surface area (Å²) in [7, 11) is 0. The lowest BCUT2D eigenvalue weighted by molar-refractivity contribution is -0.121. The molecular formula is C22H22N4O4. The first kappa shape index (κ1) is 20.8. The molecular weight excluding hydrogens is 384 g/mol. The van der Waals surface area contributed by atoms with Gasteiger partial charge in [-0.25, -0.2) is 4.68 Å². The monoisotopic (exact) mass is 406 g/mol. The van der Waals surface area contributed by atoms with Gasteiger partial charge in [-0.3, -0.25) is 14.4 Å². The lowest BCUT2D eigenvalue weighted by Crippen LogP contribution is -2.35. The second-order valence-corrected chi connectivity index (χ2v) is 6.59. The first-order chi connectivity index (χ1) is 14.5. The molecule has 154 valence electrons. The van der Waals surface area contributed by atoms with E-state index in [2.05, 4.69) is 15.7 Å². The lowest BCUT2D eigenvalue weighted by Gasteiger charge is -2.09. The molecule has 0 bridgehead atoms. The van der Waals surface area contributed by atoms with Crippen molar-refractivity contribution in [2.24, 2.45) is 0 Å². The van der Waals surface area contributed by atoms with Crippen LogP contribution in [0.5, 0.6) is 5.75 Å². The molecule has 3 rings (SSSR count). The van der Waals surface area contributed by atoms with Crippen molar-refractivity contribution in [3.8, 4) is 17.0 Å². The fourth-order valence-electron chi connectivity index (χ4n) is 2.78. The quantitative estimate of drug-likeness (QED) is 0.491. The highest BCUT2D eigenvalue weighted by Crippen LogP contribution is 2.14. The van der Waals surface area contributed by atoms with Crippen LogP contribution in [0.15, 0.2) is 71.5 Å². The Kier molecular flexibility index (Phi) is 6.94. The predicted octanol–water partition coefficient (Wildman–Crippen LogP) is 1.55. The molecule has 0 atom stereocenters. The molecule has 0 radical (unpaired) electrons. The zero-order valence-corrected chi connectivity index (χ0v) is 16.2. The van der Waals surface area contributed by atoms with E-state index in [1.807, 2.05) is 30.3 Å². The van der Waals surface area contributed by atoms with Crippen LogP contribution in [-0.4, -0.2) is 39.8 Å². The minimum Gasteiger partial charge on any atom is -0.508 e. The highest BCUT2D eigenvalue weighted by Gasteiger charge is 2.08. The van der Waals surface area contributed by atoms with Gasteiger partial charge in [0.25, 0.3) is 11.5 Å². The third kappa shape index (κ3) is 5.78. The van der Waals surface area contributed by atoms with Crippen LogP contribution < -0.4 is 16.2 Å². The molecule has 8 heteroatoms. The van der Waals surface area contributed by atoms with Crippen molar-refractivity contribution < 1.29 is 14.7 Å². The van der Waals surface area contributed by atoms with Crippen LogP contribution in [0.3, 0.4) is 0 Å². The Bertz CT molecular complexity index is 1080. The van der Waals surface area contributed by atoms with E-state index in [0.29, 0.717) is 30.8 Å². The number of hydrogen-bond donors (Lipinski definition) is 3. The number of carbonyl (C=O) groups is 2. The fourth-order valence-corrected chi connectivity index (χ4v) is 2.78. The van der Waals surface area contributed by atoms with Gasteiger partial charge in [-0.05, 0) is 30.7 Å². The molecule has 3 N–H and O–H groups in total. The van der Waals surface area contributed by atoms with Crippen molar-refractivity contribution in [2.75, 3.05) is 13.1 Å². The summed E-state index contributed by atoms with van der Waals surface area (Å²) in [5.41, 5.74) is 1.47. The average Bonchev–Trinajstić information content (AvgIpc) is 2.75. The summed E-state index contributed by atoms with van der Waals surface area (Å²) in [4.78, 5) is 36.1. The third-order valence-corrected chi connectivity index (χ3v) is 4.30. The number of nitrogens with zero attached hydrogens (tertiary/aromatic N) is 2. The number of aromatic hydroxyl groups is 1. The van der Waals surface area contributed by atoms with Gasteiger partial charge < -0.3 is 15.7 Å². The number of benzene rings is 2. The van der Waals surface area contributed by atoms with Crippen molar-refractivity contribution in [1.82, 2.24) is 20.4 Å². The van der Waals surface area contributed by atoms with Gasteiger partial charge in [-0.2, -0.15) is 5.10 Å². The lowest BCUT2D eigenvalue weighted by atomic mass is 10.1. The minimum atomic E-state index is -0.358. The van der Waals surface area contributed by atoms with Gasteiger partial charge in [0.15, 0.2) is 0 Å². The van der Waals surface area contributed by atoms with Crippen LogP contribution in [0, 0.1) is 0 Å². The molecule has 0 spiro atoms. The van der Waals surface area contributed by atoms with Crippen LogP contribution in [-0.2, 0) is 11.3 Å². The molecule has 0 saturated heterocycles. The molecule has 0 saturated carbocycles. The number of hydrogen-bond acceptors (Lipinski definition) is 5. The van der Waals surface area contributed by atoms with E-state index in [0.717, 1.165) is 10.2 Å². The molecule has 3 aromatic rings. The highest BCUT2D eigenvalue weighted by atomic mass is 16.3. The smallest absolute Gasteiger partial charge is 0.267 e. The van der Waals surface area contributed by atoms with E-state index < -0.39 is 0 Å². The van der Waals surface area contributed by atoms with Gasteiger partial charge >= 0.3 is 0 Å². The van der Waals surface area contributed by atoms with E-state index >= 15 is 0 Å². The van der Waals surface area contributed by atoms with Gasteiger partial charge in [0.05, 0.1) is 5.69 Å². The van der Waals surface area contributed by atoms with Crippen molar-refractivity contribution in [2.45, 2.75) is 13.0 Å². The van der Waals surface area contributed by atoms with Gasteiger partial charge in [0.1, 0.15) is 12.3 Å². The Morgan fingerprint density at radius 2 is 1.70 bits per heavy atom. The molecule has 2 aromatic carbocycles. The predicted molar refractivity (Wildman–Crippen MR) is 112 cm³/mol. The first-order valence-corrected chi connectivity index (χ1v) is 9.50. The molecule has 0 aliphatic carbocycles. The van der Waals surface area contributed by atoms with Crippen LogP contribution in [0.25, 0.3) is 11.3 Å². The van der Waals surface area contributed by atoms with E-state index in [1.165, 1.54) is 18.2 Å². The Balaban J connectivity index is 1.45. The maximum absolute atomic E-state index is 12.1. The minimum absolute atomic E-state index is 0.0232. The van der Waals surface area contributed by atoms with Crippen molar-refractivity contribution in [3.05, 3.63) is 82.6 Å². The fraction of sp³-hybridized carbons (Fsp3) is 0.182. The van der Waals surface area contributed by atoms with Crippen molar-refractivity contribution in [1.29, 1.82) is 0 Å². The van der Waals surface area contributed by atoms with E-state index in [9.17, 15) is 19.5 Å². The standard InChI is InChI=1S/C22H22N4O4/c27-18-9-4-8-17(14-18)22(30)24-13-5-12-23-20(28)15-26-21(29)11-10-19(25-26)16-6-2-1-3-7-16/h1-4,6-11,14,27H,5,12-13,15H2,(H,23,28)(H,24,30). The number of nitrogens with one attached hydrogen (secondary N) is 2. The Hall–Kier alpha value is -3.94. The van der Waals surface area contributed by atoms with Gasteiger partial charge in [0.2, 0.25) is 5.91 Å². The molecule has 0 aliphatic rings. The summed E-state index contributed by atoms with van der Waals surface area (Å²) in [6.07, 6.45) is 0.517. The zero-order valence-electron chi connectivity index (χ0n) is 16.2. The summed E-state index contributed by atoms with van der Waals surface area (Å²) < 4.78 is 1.13. The normalized spacial score (nSPS) is 10.4. The highest BCUT2D eigenvalue weighted by molar-refractivity contribution is 5.94. The molecule has 2 amide bonds. The maximum atomic E-state index is 12.1. The van der Waals surface area contributed by atoms with Gasteiger partial charge in [-0.15, -0.1) is 0 Å². The summed E-state index contributed by atoms with van der Waals surface area (Å²) >= 11 is 0. The molecule has 1 aromatic heterocycles. The second-order valence-electron chi connectivity index (χ2n) is 6.59. The number of aromatic nitrogens is 2. The number of phenols is 1. The zero-order chi connectivity index (χ0) is 21.3. The SMILES string of the molecule is O=C(Cn1nc(-c2ccccc2)ccc1=O)NCCCNC(=O)c1cccc(O)c1. The Morgan fingerprint density at radius 3 is 2.47 bits per heavy atom. The molecule has 8 nitrogen and oxygen atoms in total. The summed E-state index contributed by atoms with van der Waals surface area (Å²) in [5, 5.41) is 19.1. The van der Waals surface area contributed by atoms with Crippen LogP contribution in [0.1, 0.15) is 16.8 Å². The number of carbonyl (C=O) groups excluding carboxylic acids is 2. The average molecular weight is 406 g/mol. The summed E-state index contributed by atoms with van der Waals surface area (Å²) in [5.74, 6) is -0.616. The third-order valence-electron chi connectivity index (χ3n) is 4.30. The maximum Gasteiger partial charge on any atom is 0.267 e. The van der Waals surface area contributed by atoms with E-state index in [4.69, 9.17) is 0 Å². The first-order valence-electron chi connectivity index (χ1n) is 9.50. The van der Waals surface area contributed by atoms with Crippen LogP contribution >= 0.6 is 0 Å². The van der Waals surface area contributed by atoms with Gasteiger partial charge in [-0.1, -0.05) is 36.4 Å². The second kappa shape index (κ2) is 10.0. The van der Waals surface area contributed by atoms with Crippen LogP contribution in [0.4, 0.5) is 0 Å². The summed E-state index contributed by atoms with van der Waals surface area (Å²) in [6.45, 7) is 0.512. The van der Waals surface area contributed by atoms with E-state index in [-0.39, 0.29) is 29.7 Å². The molecule has 30 heavy (non-hydrogen) atoms. The summed E-state index contributed by atoms with van der Waals surface area (Å²) in [6, 6.07) is 18.5. The molecule has 0 fully saturated rings. The number of amides is 2. The van der Waals surface area contributed by atoms with Crippen LogP contribution in [0.2, 0.25) is 0 Å². The Labute approximate surface area is 173 Å². The Morgan fingerprint density at radius 1 is 0.933 bits per heavy atom. The molecule has 0 aliphatic heterocycles. The number of phenolic OH excluding ortho intramolecular Hbond substituents is 1. The largest absolute Gasteiger partial charge is 0.508 e. The van der Waals surface area contributed by atoms with Crippen molar-refractivity contribution >= 4 is 11.8 Å².